The summed E-state index contributed by atoms with van der Waals surface area (Å²) in [6, 6.07) is 0. The van der Waals surface area contributed by atoms with Gasteiger partial charge >= 0.3 is 0 Å². The Morgan fingerprint density at radius 3 is 2.36 bits per heavy atom. The lowest BCUT2D eigenvalue weighted by molar-refractivity contribution is -0.127. The molecular weight excluding hydrogens is 372 g/mol. The molecule has 4 saturated carbocycles. The van der Waals surface area contributed by atoms with Gasteiger partial charge in [-0.05, 0) is 111 Å². The molecule has 4 fully saturated rings. The average Bonchev–Trinajstić information content (AvgIpc) is 2.95. The molecule has 162 valence electrons. The highest BCUT2D eigenvalue weighted by atomic mass is 32.2. The molecule has 4 nitrogen and oxygen atoms in total. The lowest BCUT2D eigenvalue weighted by Crippen LogP contribution is -2.53. The number of fused-ring (bicyclic) bond motifs is 5. The third-order valence-corrected chi connectivity index (χ3v) is 10.8. The van der Waals surface area contributed by atoms with E-state index < -0.39 is 10.1 Å². The zero-order chi connectivity index (χ0) is 20.2. The molecule has 28 heavy (non-hydrogen) atoms. The minimum Gasteiger partial charge on any atom is -0.393 e. The maximum Gasteiger partial charge on any atom is 0.264 e. The van der Waals surface area contributed by atoms with Crippen LogP contribution in [0.2, 0.25) is 0 Å². The number of hydrogen-bond donors (Lipinski definition) is 2. The second-order valence-electron chi connectivity index (χ2n) is 11.2. The Kier molecular flexibility index (Phi) is 5.68. The van der Waals surface area contributed by atoms with Gasteiger partial charge in [0.25, 0.3) is 10.1 Å². The van der Waals surface area contributed by atoms with Gasteiger partial charge in [0.15, 0.2) is 0 Å². The molecule has 5 heteroatoms. The summed E-state index contributed by atoms with van der Waals surface area (Å²) in [5.41, 5.74) is 0.869. The zero-order valence-electron chi connectivity index (χ0n) is 17.8. The van der Waals surface area contributed by atoms with E-state index in [2.05, 4.69) is 13.8 Å². The highest BCUT2D eigenvalue weighted by Crippen LogP contribution is 2.67. The number of aliphatic hydroxyl groups excluding tert-OH is 1. The van der Waals surface area contributed by atoms with Gasteiger partial charge in [0.1, 0.15) is 0 Å². The molecule has 0 aromatic heterocycles. The molecule has 8 atom stereocenters. The molecule has 0 radical (unpaired) electrons. The number of unbranched alkanes of at least 4 members (excludes halogenated alkanes) is 1. The first-order valence-electron chi connectivity index (χ1n) is 11.8. The summed E-state index contributed by atoms with van der Waals surface area (Å²) in [5.74, 6) is 3.89. The Morgan fingerprint density at radius 1 is 0.893 bits per heavy atom. The lowest BCUT2D eigenvalue weighted by Gasteiger charge is -2.61. The van der Waals surface area contributed by atoms with Crippen LogP contribution in [0.15, 0.2) is 0 Å². The van der Waals surface area contributed by atoms with E-state index in [-0.39, 0.29) is 11.9 Å². The second-order valence-corrected chi connectivity index (χ2v) is 12.8. The Bertz CT molecular complexity index is 676. The van der Waals surface area contributed by atoms with Crippen molar-refractivity contribution < 1.29 is 18.1 Å². The molecular formula is C23H40O4S. The van der Waals surface area contributed by atoms with Crippen molar-refractivity contribution in [3.05, 3.63) is 0 Å². The summed E-state index contributed by atoms with van der Waals surface area (Å²) >= 11 is 0. The molecule has 0 amide bonds. The van der Waals surface area contributed by atoms with Gasteiger partial charge in [-0.1, -0.05) is 20.3 Å². The van der Waals surface area contributed by atoms with E-state index in [1.54, 1.807) is 0 Å². The van der Waals surface area contributed by atoms with Crippen molar-refractivity contribution in [1.82, 2.24) is 0 Å². The quantitative estimate of drug-likeness (QED) is 0.489. The van der Waals surface area contributed by atoms with Crippen LogP contribution in [-0.2, 0) is 10.1 Å². The van der Waals surface area contributed by atoms with Gasteiger partial charge in [-0.2, -0.15) is 8.42 Å². The first-order valence-corrected chi connectivity index (χ1v) is 13.4. The average molecular weight is 413 g/mol. The fraction of sp³-hybridized carbons (Fsp3) is 1.00. The molecule has 0 aromatic rings. The fourth-order valence-corrected chi connectivity index (χ4v) is 9.06. The van der Waals surface area contributed by atoms with Crippen molar-refractivity contribution in [1.29, 1.82) is 0 Å². The molecule has 0 heterocycles. The third kappa shape index (κ3) is 3.69. The van der Waals surface area contributed by atoms with Crippen LogP contribution in [0, 0.1) is 40.4 Å². The molecule has 0 aromatic carbocycles. The van der Waals surface area contributed by atoms with E-state index in [0.717, 1.165) is 55.3 Å². The first-order chi connectivity index (χ1) is 13.1. The largest absolute Gasteiger partial charge is 0.393 e. The molecule has 4 aliphatic rings. The molecule has 4 aliphatic carbocycles. The van der Waals surface area contributed by atoms with Crippen LogP contribution in [0.5, 0.6) is 0 Å². The van der Waals surface area contributed by atoms with Gasteiger partial charge in [0.2, 0.25) is 0 Å². The second kappa shape index (κ2) is 7.53. The van der Waals surface area contributed by atoms with Crippen LogP contribution in [0.1, 0.15) is 90.9 Å². The molecule has 4 rings (SSSR count). The minimum atomic E-state index is -3.81. The normalized spacial score (nSPS) is 48.6. The van der Waals surface area contributed by atoms with Gasteiger partial charge in [-0.25, -0.2) is 0 Å². The topological polar surface area (TPSA) is 74.6 Å². The van der Waals surface area contributed by atoms with E-state index in [1.807, 2.05) is 0 Å². The SMILES string of the molecule is CC12CCC3C(CCC4C[C@@H](O)CCC43C)C1CCC2CCCCS(=O)(=O)O. The Morgan fingerprint density at radius 2 is 1.61 bits per heavy atom. The monoisotopic (exact) mass is 412 g/mol. The standard InChI is InChI=1S/C23H40O4S/c1-22-13-11-21-19(8-6-17-15-18(24)10-12-23(17,21)2)20(22)9-7-16(22)5-3-4-14-28(25,26)27/h16-21,24H,3-15H2,1-2H3,(H,25,26,27)/t16?,17?,18-,19?,20?,21?,22?,23?/m0/s1. The van der Waals surface area contributed by atoms with Gasteiger partial charge < -0.3 is 5.11 Å². The van der Waals surface area contributed by atoms with Crippen molar-refractivity contribution in [2.45, 2.75) is 97.0 Å². The first kappa shape index (κ1) is 21.1. The fourth-order valence-electron chi connectivity index (χ4n) is 8.49. The highest BCUT2D eigenvalue weighted by molar-refractivity contribution is 7.85. The predicted molar refractivity (Wildman–Crippen MR) is 111 cm³/mol. The summed E-state index contributed by atoms with van der Waals surface area (Å²) in [4.78, 5) is 0. The smallest absolute Gasteiger partial charge is 0.264 e. The van der Waals surface area contributed by atoms with E-state index in [4.69, 9.17) is 4.55 Å². The molecule has 0 spiro atoms. The number of aliphatic hydroxyl groups is 1. The summed E-state index contributed by atoms with van der Waals surface area (Å²) in [5, 5.41) is 10.2. The maximum absolute atomic E-state index is 11.0. The minimum absolute atomic E-state index is 0.0675. The van der Waals surface area contributed by atoms with Crippen molar-refractivity contribution in [3.8, 4) is 0 Å². The summed E-state index contributed by atoms with van der Waals surface area (Å²) in [6.07, 6.45) is 13.8. The van der Waals surface area contributed by atoms with Gasteiger partial charge in [0, 0.05) is 0 Å². The molecule has 0 saturated heterocycles. The van der Waals surface area contributed by atoms with Crippen molar-refractivity contribution in [2.24, 2.45) is 40.4 Å². The third-order valence-electron chi connectivity index (χ3n) is 10.0. The van der Waals surface area contributed by atoms with Gasteiger partial charge in [-0.3, -0.25) is 4.55 Å². The molecule has 0 bridgehead atoms. The molecule has 2 N–H and O–H groups in total. The summed E-state index contributed by atoms with van der Waals surface area (Å²) in [7, 11) is -3.81. The van der Waals surface area contributed by atoms with Gasteiger partial charge in [0.05, 0.1) is 11.9 Å². The summed E-state index contributed by atoms with van der Waals surface area (Å²) in [6.45, 7) is 5.08. The molecule has 7 unspecified atom stereocenters. The van der Waals surface area contributed by atoms with Crippen LogP contribution < -0.4 is 0 Å². The number of hydrogen-bond acceptors (Lipinski definition) is 3. The van der Waals surface area contributed by atoms with Crippen molar-refractivity contribution in [2.75, 3.05) is 5.75 Å². The molecule has 0 aliphatic heterocycles. The van der Waals surface area contributed by atoms with Crippen LogP contribution in [0.3, 0.4) is 0 Å². The van der Waals surface area contributed by atoms with E-state index >= 15 is 0 Å². The Balaban J connectivity index is 1.42. The Hall–Kier alpha value is -0.130. The van der Waals surface area contributed by atoms with Crippen molar-refractivity contribution >= 4 is 10.1 Å². The summed E-state index contributed by atoms with van der Waals surface area (Å²) < 4.78 is 30.9. The van der Waals surface area contributed by atoms with E-state index in [9.17, 15) is 13.5 Å². The zero-order valence-corrected chi connectivity index (χ0v) is 18.6. The van der Waals surface area contributed by atoms with Crippen LogP contribution in [0.4, 0.5) is 0 Å². The van der Waals surface area contributed by atoms with Gasteiger partial charge in [-0.15, -0.1) is 0 Å². The van der Waals surface area contributed by atoms with E-state index in [0.29, 0.717) is 17.3 Å². The maximum atomic E-state index is 11.0. The highest BCUT2D eigenvalue weighted by Gasteiger charge is 2.59. The Labute approximate surface area is 171 Å². The van der Waals surface area contributed by atoms with Crippen molar-refractivity contribution in [3.63, 3.8) is 0 Å². The van der Waals surface area contributed by atoms with E-state index in [1.165, 1.54) is 44.9 Å². The van der Waals surface area contributed by atoms with Crippen LogP contribution in [-0.4, -0.2) is 29.9 Å². The van der Waals surface area contributed by atoms with Crippen LogP contribution in [0.25, 0.3) is 0 Å². The lowest BCUT2D eigenvalue weighted by atomic mass is 9.44. The number of rotatable bonds is 5. The predicted octanol–water partition coefficient (Wildman–Crippen LogP) is 5.06. The van der Waals surface area contributed by atoms with Crippen LogP contribution >= 0.6 is 0 Å².